The number of fused-ring (bicyclic) bond motifs is 3. The van der Waals surface area contributed by atoms with Gasteiger partial charge in [0.1, 0.15) is 6.10 Å². The van der Waals surface area contributed by atoms with Gasteiger partial charge in [-0.2, -0.15) is 0 Å². The van der Waals surface area contributed by atoms with Crippen LogP contribution in [0.2, 0.25) is 0 Å². The van der Waals surface area contributed by atoms with E-state index in [4.69, 9.17) is 9.73 Å². The van der Waals surface area contributed by atoms with Crippen molar-refractivity contribution >= 4 is 6.72 Å². The van der Waals surface area contributed by atoms with E-state index in [1.807, 2.05) is 0 Å². The molecule has 1 N–H and O–H groups in total. The molecule has 9 atom stereocenters. The molecule has 33 heavy (non-hydrogen) atoms. The van der Waals surface area contributed by atoms with Crippen LogP contribution in [0.15, 0.2) is 16.6 Å². The Morgan fingerprint density at radius 3 is 2.36 bits per heavy atom. The topological polar surface area (TPSA) is 45.1 Å². The Morgan fingerprint density at radius 1 is 1.15 bits per heavy atom. The fourth-order valence-electron chi connectivity index (χ4n) is 7.87. The highest BCUT2D eigenvalue weighted by molar-refractivity contribution is 5.29. The number of hydrogen-bond acceptors (Lipinski definition) is 3. The molecule has 0 radical (unpaired) electrons. The summed E-state index contributed by atoms with van der Waals surface area (Å²) in [7, 11) is 0. The lowest BCUT2D eigenvalue weighted by molar-refractivity contribution is -0.0268. The Bertz CT molecular complexity index is 729. The van der Waals surface area contributed by atoms with Gasteiger partial charge in [-0.3, -0.25) is 4.99 Å². The fraction of sp³-hybridized carbons (Fsp3) is 0.900. The first-order valence-electron chi connectivity index (χ1n) is 13.8. The van der Waals surface area contributed by atoms with Crippen molar-refractivity contribution in [1.29, 1.82) is 0 Å². The van der Waals surface area contributed by atoms with Crippen LogP contribution in [0, 0.1) is 39.9 Å². The molecular formula is C30H53NO2. The second-order valence-electron chi connectivity index (χ2n) is 13.4. The van der Waals surface area contributed by atoms with Crippen molar-refractivity contribution in [2.75, 3.05) is 0 Å². The number of aliphatic hydroxyl groups excluding tert-OH is 1. The van der Waals surface area contributed by atoms with Gasteiger partial charge in [0.15, 0.2) is 0 Å². The van der Waals surface area contributed by atoms with Gasteiger partial charge in [-0.05, 0) is 79.2 Å². The smallest absolute Gasteiger partial charge is 0.103 e. The maximum absolute atomic E-state index is 10.7. The Kier molecular flexibility index (Phi) is 7.97. The summed E-state index contributed by atoms with van der Waals surface area (Å²) in [6.45, 7) is 25.4. The molecule has 3 heteroatoms. The molecule has 1 saturated carbocycles. The summed E-state index contributed by atoms with van der Waals surface area (Å²) in [6.07, 6.45) is 10.5. The van der Waals surface area contributed by atoms with Crippen LogP contribution >= 0.6 is 0 Å². The SMILES string of the molecule is C=NC1CCCC2(C)CC(C)(CC)C(C(C)C(C)C)=CC3OC3C2C1(C)CCC(O)C(C)C. The van der Waals surface area contributed by atoms with Gasteiger partial charge >= 0.3 is 0 Å². The second kappa shape index (κ2) is 9.76. The van der Waals surface area contributed by atoms with E-state index in [0.29, 0.717) is 17.8 Å². The second-order valence-corrected chi connectivity index (χ2v) is 13.4. The molecule has 190 valence electrons. The number of nitrogens with zero attached hydrogens (tertiary/aromatic N) is 1. The van der Waals surface area contributed by atoms with Crippen molar-refractivity contribution in [3.63, 3.8) is 0 Å². The molecule has 0 aromatic rings. The van der Waals surface area contributed by atoms with Crippen molar-refractivity contribution in [2.24, 2.45) is 44.9 Å². The van der Waals surface area contributed by atoms with Gasteiger partial charge in [-0.25, -0.2) is 0 Å². The molecule has 0 amide bonds. The predicted octanol–water partition coefficient (Wildman–Crippen LogP) is 7.47. The summed E-state index contributed by atoms with van der Waals surface area (Å²) in [5.74, 6) is 1.93. The lowest BCUT2D eigenvalue weighted by Crippen LogP contribution is -2.50. The van der Waals surface area contributed by atoms with Gasteiger partial charge < -0.3 is 9.84 Å². The molecule has 9 unspecified atom stereocenters. The molecule has 1 aliphatic heterocycles. The number of ether oxygens (including phenoxy) is 1. The lowest BCUT2D eigenvalue weighted by atomic mass is 9.51. The van der Waals surface area contributed by atoms with E-state index in [9.17, 15) is 5.11 Å². The molecule has 1 saturated heterocycles. The van der Waals surface area contributed by atoms with Crippen LogP contribution in [-0.2, 0) is 4.74 Å². The standard InChI is InChI=1S/C30H53NO2/c1-11-28(7)18-29(8)15-12-13-25(31-10)30(9,16-14-23(32)20(4)5)27(29)26-24(33-26)17-22(28)21(6)19(2)3/h17,19-21,23-27,32H,10-16,18H2,1-9H3. The minimum atomic E-state index is -0.259. The summed E-state index contributed by atoms with van der Waals surface area (Å²) in [5, 5.41) is 10.7. The van der Waals surface area contributed by atoms with Crippen molar-refractivity contribution < 1.29 is 9.84 Å². The zero-order valence-corrected chi connectivity index (χ0v) is 23.2. The van der Waals surface area contributed by atoms with Gasteiger partial charge in [-0.15, -0.1) is 0 Å². The van der Waals surface area contributed by atoms with E-state index >= 15 is 0 Å². The van der Waals surface area contributed by atoms with E-state index in [1.54, 1.807) is 5.57 Å². The van der Waals surface area contributed by atoms with Gasteiger partial charge in [-0.1, -0.05) is 80.4 Å². The first-order valence-corrected chi connectivity index (χ1v) is 13.8. The van der Waals surface area contributed by atoms with Gasteiger partial charge in [0.25, 0.3) is 0 Å². The molecule has 3 aliphatic rings. The molecule has 3 nitrogen and oxygen atoms in total. The minimum absolute atomic E-state index is 0.00799. The molecule has 3 rings (SSSR count). The molecule has 0 bridgehead atoms. The third-order valence-electron chi connectivity index (χ3n) is 10.4. The summed E-state index contributed by atoms with van der Waals surface area (Å²) in [4.78, 5) is 4.73. The fourth-order valence-corrected chi connectivity index (χ4v) is 7.87. The quantitative estimate of drug-likeness (QED) is 0.232. The molecule has 1 heterocycles. The Balaban J connectivity index is 2.08. The number of allylic oxidation sites excluding steroid dienone is 1. The number of epoxide rings is 1. The van der Waals surface area contributed by atoms with E-state index in [0.717, 1.165) is 19.3 Å². The summed E-state index contributed by atoms with van der Waals surface area (Å²) < 4.78 is 6.57. The van der Waals surface area contributed by atoms with Crippen molar-refractivity contribution in [3.05, 3.63) is 11.6 Å². The van der Waals surface area contributed by atoms with Crippen LogP contribution in [0.1, 0.15) is 107 Å². The zero-order chi connectivity index (χ0) is 24.8. The van der Waals surface area contributed by atoms with Crippen LogP contribution in [-0.4, -0.2) is 36.2 Å². The largest absolute Gasteiger partial charge is 0.393 e. The van der Waals surface area contributed by atoms with E-state index in [1.165, 1.54) is 25.7 Å². The normalized spacial score (nSPS) is 43.0. The van der Waals surface area contributed by atoms with Crippen molar-refractivity contribution in [2.45, 2.75) is 132 Å². The predicted molar refractivity (Wildman–Crippen MR) is 141 cm³/mol. The monoisotopic (exact) mass is 459 g/mol. The molecule has 0 spiro atoms. The summed E-state index contributed by atoms with van der Waals surface area (Å²) in [5.41, 5.74) is 2.00. The average molecular weight is 460 g/mol. The molecular weight excluding hydrogens is 406 g/mol. The molecule has 0 aromatic carbocycles. The van der Waals surface area contributed by atoms with Gasteiger partial charge in [0, 0.05) is 5.92 Å². The van der Waals surface area contributed by atoms with E-state index in [2.05, 4.69) is 75.1 Å². The average Bonchev–Trinajstić information content (AvgIpc) is 3.50. The number of aliphatic hydroxyl groups is 1. The zero-order valence-electron chi connectivity index (χ0n) is 23.2. The van der Waals surface area contributed by atoms with Gasteiger partial charge in [0.05, 0.1) is 18.2 Å². The molecule has 2 fully saturated rings. The Labute approximate surface area is 204 Å². The van der Waals surface area contributed by atoms with Gasteiger partial charge in [0.2, 0.25) is 0 Å². The maximum atomic E-state index is 10.7. The molecule has 2 aliphatic carbocycles. The van der Waals surface area contributed by atoms with Crippen LogP contribution in [0.4, 0.5) is 0 Å². The van der Waals surface area contributed by atoms with Crippen LogP contribution in [0.25, 0.3) is 0 Å². The number of aliphatic imine (C=N–C) groups is 1. The summed E-state index contributed by atoms with van der Waals surface area (Å²) >= 11 is 0. The molecule has 0 aromatic heterocycles. The minimum Gasteiger partial charge on any atom is -0.393 e. The maximum Gasteiger partial charge on any atom is 0.103 e. The van der Waals surface area contributed by atoms with E-state index < -0.39 is 0 Å². The number of hydrogen-bond donors (Lipinski definition) is 1. The third-order valence-corrected chi connectivity index (χ3v) is 10.4. The van der Waals surface area contributed by atoms with Crippen LogP contribution in [0.5, 0.6) is 0 Å². The van der Waals surface area contributed by atoms with Crippen LogP contribution < -0.4 is 0 Å². The highest BCUT2D eigenvalue weighted by Crippen LogP contribution is 2.64. The third kappa shape index (κ3) is 5.01. The highest BCUT2D eigenvalue weighted by Gasteiger charge is 2.63. The van der Waals surface area contributed by atoms with Crippen molar-refractivity contribution in [3.8, 4) is 0 Å². The Hall–Kier alpha value is -0.670. The van der Waals surface area contributed by atoms with E-state index in [-0.39, 0.29) is 46.5 Å². The first-order chi connectivity index (χ1) is 15.3. The van der Waals surface area contributed by atoms with Crippen LogP contribution in [0.3, 0.4) is 0 Å². The van der Waals surface area contributed by atoms with Crippen molar-refractivity contribution in [1.82, 2.24) is 0 Å². The lowest BCUT2D eigenvalue weighted by Gasteiger charge is -2.53. The number of rotatable bonds is 8. The Morgan fingerprint density at radius 2 is 1.82 bits per heavy atom. The highest BCUT2D eigenvalue weighted by atomic mass is 16.6. The summed E-state index contributed by atoms with van der Waals surface area (Å²) in [6, 6.07) is 0.235. The first kappa shape index (κ1) is 26.9.